The largest absolute Gasteiger partial charge is 0.433 e. The molecular formula is C26H34N4O7. The summed E-state index contributed by atoms with van der Waals surface area (Å²) >= 11 is 0. The van der Waals surface area contributed by atoms with Crippen molar-refractivity contribution in [3.63, 3.8) is 0 Å². The van der Waals surface area contributed by atoms with Gasteiger partial charge in [0.15, 0.2) is 0 Å². The first-order valence-electron chi connectivity index (χ1n) is 12.8. The van der Waals surface area contributed by atoms with E-state index in [0.717, 1.165) is 5.56 Å². The molecule has 1 aromatic carbocycles. The smallest absolute Gasteiger partial charge is 0.310 e. The Hall–Kier alpha value is -3.47. The third-order valence-corrected chi connectivity index (χ3v) is 6.64. The molecule has 0 saturated carbocycles. The van der Waals surface area contributed by atoms with Crippen LogP contribution in [0.15, 0.2) is 30.3 Å². The molecule has 37 heavy (non-hydrogen) atoms. The van der Waals surface area contributed by atoms with Crippen LogP contribution in [0, 0.1) is 5.92 Å². The average Bonchev–Trinajstić information content (AvgIpc) is 3.17. The Labute approximate surface area is 215 Å². The summed E-state index contributed by atoms with van der Waals surface area (Å²) in [7, 11) is 0. The Balaban J connectivity index is 1.45. The third-order valence-electron chi connectivity index (χ3n) is 6.64. The number of esters is 1. The Kier molecular flexibility index (Phi) is 8.42. The number of ether oxygens (including phenoxy) is 2. The van der Waals surface area contributed by atoms with Gasteiger partial charge < -0.3 is 20.1 Å². The second-order valence-corrected chi connectivity index (χ2v) is 10.1. The molecule has 4 unspecified atom stereocenters. The second kappa shape index (κ2) is 11.7. The molecule has 0 bridgehead atoms. The van der Waals surface area contributed by atoms with Crippen molar-refractivity contribution in [1.82, 2.24) is 20.7 Å². The molecule has 0 aromatic heterocycles. The number of nitrogens with zero attached hydrogens (tertiary/aromatic N) is 2. The van der Waals surface area contributed by atoms with Crippen LogP contribution in [0.3, 0.4) is 0 Å². The van der Waals surface area contributed by atoms with Crippen LogP contribution in [-0.4, -0.2) is 70.6 Å². The van der Waals surface area contributed by atoms with Crippen LogP contribution >= 0.6 is 0 Å². The molecule has 3 heterocycles. The van der Waals surface area contributed by atoms with Crippen LogP contribution in [0.25, 0.3) is 0 Å². The number of rotatable bonds is 8. The Morgan fingerprint density at radius 3 is 2.59 bits per heavy atom. The van der Waals surface area contributed by atoms with E-state index in [9.17, 15) is 24.0 Å². The number of fused-ring (bicyclic) bond motifs is 1. The number of hydrazine groups is 1. The van der Waals surface area contributed by atoms with Gasteiger partial charge in [0.05, 0.1) is 13.0 Å². The average molecular weight is 515 g/mol. The van der Waals surface area contributed by atoms with Gasteiger partial charge in [-0.15, -0.1) is 0 Å². The highest BCUT2D eigenvalue weighted by atomic mass is 16.7. The van der Waals surface area contributed by atoms with Crippen molar-refractivity contribution in [2.75, 3.05) is 6.54 Å². The number of cyclic esters (lactones) is 1. The standard InChI is InChI=1S/C26H34N4O7/c1-16(2)13-21(31)27-18-10-11-22(32)29-12-6-9-20(30(29)25(18)35)24(34)28-19-14-23(33)37-26(19)36-15-17-7-4-3-5-8-17/h3-5,7-8,16,18-20,26H,6,9-15H2,1-2H3,(H,27,31)(H,28,34). The number of benzene rings is 1. The van der Waals surface area contributed by atoms with Gasteiger partial charge in [-0.1, -0.05) is 44.2 Å². The van der Waals surface area contributed by atoms with E-state index in [4.69, 9.17) is 9.47 Å². The van der Waals surface area contributed by atoms with Gasteiger partial charge in [-0.3, -0.25) is 29.0 Å². The number of carbonyl (C=O) groups is 5. The third kappa shape index (κ3) is 6.46. The minimum Gasteiger partial charge on any atom is -0.433 e. The van der Waals surface area contributed by atoms with Crippen LogP contribution in [0.5, 0.6) is 0 Å². The molecule has 200 valence electrons. The SMILES string of the molecule is CC(C)CC(=O)NC1CCC(=O)N2CCCC(C(=O)NC3CC(=O)OC3OCc3ccccc3)N2C1=O. The van der Waals surface area contributed by atoms with Gasteiger partial charge in [-0.2, -0.15) is 0 Å². The van der Waals surface area contributed by atoms with E-state index in [0.29, 0.717) is 19.4 Å². The molecule has 4 amide bonds. The molecule has 0 spiro atoms. The number of amides is 4. The fourth-order valence-electron chi connectivity index (χ4n) is 4.87. The first-order valence-corrected chi connectivity index (χ1v) is 12.8. The maximum absolute atomic E-state index is 13.5. The first kappa shape index (κ1) is 26.6. The molecule has 4 rings (SSSR count). The summed E-state index contributed by atoms with van der Waals surface area (Å²) in [5, 5.41) is 8.08. The quantitative estimate of drug-likeness (QED) is 0.495. The van der Waals surface area contributed by atoms with Gasteiger partial charge in [-0.25, -0.2) is 5.01 Å². The molecule has 3 aliphatic heterocycles. The second-order valence-electron chi connectivity index (χ2n) is 10.1. The fraction of sp³-hybridized carbons (Fsp3) is 0.577. The predicted molar refractivity (Wildman–Crippen MR) is 130 cm³/mol. The van der Waals surface area contributed by atoms with Crippen molar-refractivity contribution in [2.24, 2.45) is 5.92 Å². The van der Waals surface area contributed by atoms with Gasteiger partial charge in [0.25, 0.3) is 5.91 Å². The summed E-state index contributed by atoms with van der Waals surface area (Å²) in [6, 6.07) is 6.77. The molecule has 11 heteroatoms. The zero-order chi connectivity index (χ0) is 26.5. The lowest BCUT2D eigenvalue weighted by atomic mass is 10.0. The molecular weight excluding hydrogens is 480 g/mol. The summed E-state index contributed by atoms with van der Waals surface area (Å²) in [5.74, 6) is -1.92. The molecule has 4 atom stereocenters. The monoisotopic (exact) mass is 514 g/mol. The van der Waals surface area contributed by atoms with E-state index in [1.54, 1.807) is 0 Å². The normalized spacial score (nSPS) is 26.0. The highest BCUT2D eigenvalue weighted by molar-refractivity contribution is 5.95. The van der Waals surface area contributed by atoms with Gasteiger partial charge in [0.2, 0.25) is 24.0 Å². The molecule has 3 saturated heterocycles. The Morgan fingerprint density at radius 2 is 1.86 bits per heavy atom. The van der Waals surface area contributed by atoms with Gasteiger partial charge in [0.1, 0.15) is 18.1 Å². The van der Waals surface area contributed by atoms with E-state index < -0.39 is 42.2 Å². The maximum Gasteiger partial charge on any atom is 0.310 e. The van der Waals surface area contributed by atoms with Crippen LogP contribution in [-0.2, 0) is 40.1 Å². The minimum absolute atomic E-state index is 0.0671. The molecule has 11 nitrogen and oxygen atoms in total. The van der Waals surface area contributed by atoms with Gasteiger partial charge >= 0.3 is 5.97 Å². The number of carbonyl (C=O) groups excluding carboxylic acids is 5. The van der Waals surface area contributed by atoms with Crippen molar-refractivity contribution in [3.05, 3.63) is 35.9 Å². The molecule has 1 aromatic rings. The van der Waals surface area contributed by atoms with E-state index >= 15 is 0 Å². The summed E-state index contributed by atoms with van der Waals surface area (Å²) in [6.07, 6.45) is 0.346. The maximum atomic E-state index is 13.5. The zero-order valence-electron chi connectivity index (χ0n) is 21.2. The van der Waals surface area contributed by atoms with Crippen molar-refractivity contribution in [1.29, 1.82) is 0 Å². The number of nitrogens with one attached hydrogen (secondary N) is 2. The Morgan fingerprint density at radius 1 is 1.11 bits per heavy atom. The lowest BCUT2D eigenvalue weighted by Crippen LogP contribution is -2.64. The van der Waals surface area contributed by atoms with Crippen LogP contribution < -0.4 is 10.6 Å². The molecule has 3 fully saturated rings. The van der Waals surface area contributed by atoms with Gasteiger partial charge in [0, 0.05) is 19.4 Å². The highest BCUT2D eigenvalue weighted by Gasteiger charge is 2.46. The van der Waals surface area contributed by atoms with Crippen molar-refractivity contribution < 1.29 is 33.4 Å². The lowest BCUT2D eigenvalue weighted by Gasteiger charge is -2.43. The summed E-state index contributed by atoms with van der Waals surface area (Å²) < 4.78 is 11.0. The molecule has 3 aliphatic rings. The van der Waals surface area contributed by atoms with Gasteiger partial charge in [-0.05, 0) is 30.7 Å². The predicted octanol–water partition coefficient (Wildman–Crippen LogP) is 1.02. The molecule has 0 radical (unpaired) electrons. The fourth-order valence-corrected chi connectivity index (χ4v) is 4.87. The topological polar surface area (TPSA) is 134 Å². The van der Waals surface area contributed by atoms with E-state index in [1.807, 2.05) is 44.2 Å². The van der Waals surface area contributed by atoms with Crippen molar-refractivity contribution in [2.45, 2.75) is 83.4 Å². The number of hydrogen-bond donors (Lipinski definition) is 2. The van der Waals surface area contributed by atoms with Crippen LogP contribution in [0.4, 0.5) is 0 Å². The van der Waals surface area contributed by atoms with E-state index in [2.05, 4.69) is 10.6 Å². The van der Waals surface area contributed by atoms with E-state index in [1.165, 1.54) is 10.0 Å². The van der Waals surface area contributed by atoms with Crippen molar-refractivity contribution >= 4 is 29.6 Å². The summed E-state index contributed by atoms with van der Waals surface area (Å²) in [6.45, 7) is 4.31. The minimum atomic E-state index is -0.971. The molecule has 0 aliphatic carbocycles. The summed E-state index contributed by atoms with van der Waals surface area (Å²) in [4.78, 5) is 64.2. The summed E-state index contributed by atoms with van der Waals surface area (Å²) in [5.41, 5.74) is 0.887. The lowest BCUT2D eigenvalue weighted by molar-refractivity contribution is -0.178. The van der Waals surface area contributed by atoms with Crippen LogP contribution in [0.1, 0.15) is 57.9 Å². The van der Waals surface area contributed by atoms with Crippen LogP contribution in [0.2, 0.25) is 0 Å². The molecule has 2 N–H and O–H groups in total. The Bertz CT molecular complexity index is 1030. The number of hydrogen-bond acceptors (Lipinski definition) is 7. The highest BCUT2D eigenvalue weighted by Crippen LogP contribution is 2.26. The van der Waals surface area contributed by atoms with E-state index in [-0.39, 0.29) is 50.0 Å². The first-order chi connectivity index (χ1) is 17.7. The zero-order valence-corrected chi connectivity index (χ0v) is 21.2. The van der Waals surface area contributed by atoms with Crippen molar-refractivity contribution in [3.8, 4) is 0 Å².